The standard InChI is InChI=1S/C14H28N2O4/c1-10(2)11(8-15-7-6-12(17)18)9-16-13(19)20-14(3,4)5/h10-11,15H,6-9H2,1-5H3,(H,16,19)(H,17,18). The van der Waals surface area contributed by atoms with E-state index < -0.39 is 17.7 Å². The van der Waals surface area contributed by atoms with Crippen molar-refractivity contribution in [2.24, 2.45) is 11.8 Å². The third-order valence-corrected chi connectivity index (χ3v) is 2.77. The van der Waals surface area contributed by atoms with Crippen molar-refractivity contribution in [3.63, 3.8) is 0 Å². The van der Waals surface area contributed by atoms with Crippen molar-refractivity contribution in [2.75, 3.05) is 19.6 Å². The second-order valence-electron chi connectivity index (χ2n) is 6.23. The molecule has 6 nitrogen and oxygen atoms in total. The van der Waals surface area contributed by atoms with Crippen LogP contribution < -0.4 is 10.6 Å². The number of alkyl carbamates (subject to hydrolysis) is 1. The van der Waals surface area contributed by atoms with Crippen LogP contribution in [0.15, 0.2) is 0 Å². The molecule has 20 heavy (non-hydrogen) atoms. The second kappa shape index (κ2) is 8.79. The summed E-state index contributed by atoms with van der Waals surface area (Å²) in [5.41, 5.74) is -0.503. The molecule has 1 atom stereocenters. The molecule has 0 saturated heterocycles. The van der Waals surface area contributed by atoms with E-state index >= 15 is 0 Å². The Bertz CT molecular complexity index is 311. The van der Waals surface area contributed by atoms with Crippen molar-refractivity contribution in [2.45, 2.75) is 46.6 Å². The number of carbonyl (C=O) groups excluding carboxylic acids is 1. The predicted octanol–water partition coefficient (Wildman–Crippen LogP) is 1.85. The number of carboxylic acid groups (broad SMARTS) is 1. The Morgan fingerprint density at radius 3 is 2.25 bits per heavy atom. The molecular formula is C14H28N2O4. The Kier molecular flexibility index (Phi) is 8.22. The molecule has 6 heteroatoms. The molecule has 0 heterocycles. The monoisotopic (exact) mass is 288 g/mol. The van der Waals surface area contributed by atoms with Gasteiger partial charge in [0, 0.05) is 13.1 Å². The smallest absolute Gasteiger partial charge is 0.407 e. The number of hydrogen-bond donors (Lipinski definition) is 3. The summed E-state index contributed by atoms with van der Waals surface area (Å²) >= 11 is 0. The minimum atomic E-state index is -0.814. The molecule has 3 N–H and O–H groups in total. The first-order chi connectivity index (χ1) is 9.11. The van der Waals surface area contributed by atoms with E-state index in [2.05, 4.69) is 24.5 Å². The van der Waals surface area contributed by atoms with Crippen molar-refractivity contribution in [3.05, 3.63) is 0 Å². The van der Waals surface area contributed by atoms with Gasteiger partial charge in [0.05, 0.1) is 6.42 Å². The van der Waals surface area contributed by atoms with E-state index in [1.165, 1.54) is 0 Å². The predicted molar refractivity (Wildman–Crippen MR) is 77.7 cm³/mol. The van der Waals surface area contributed by atoms with Crippen molar-refractivity contribution < 1.29 is 19.4 Å². The maximum atomic E-state index is 11.6. The molecule has 0 aromatic carbocycles. The Balaban J connectivity index is 4.02. The number of carboxylic acids is 1. The first-order valence-electron chi connectivity index (χ1n) is 7.01. The van der Waals surface area contributed by atoms with Gasteiger partial charge in [0.1, 0.15) is 5.60 Å². The van der Waals surface area contributed by atoms with Gasteiger partial charge in [-0.05, 0) is 39.2 Å². The van der Waals surface area contributed by atoms with E-state index in [9.17, 15) is 9.59 Å². The Morgan fingerprint density at radius 1 is 1.20 bits per heavy atom. The molecular weight excluding hydrogens is 260 g/mol. The summed E-state index contributed by atoms with van der Waals surface area (Å²) in [5.74, 6) is -0.205. The van der Waals surface area contributed by atoms with Gasteiger partial charge in [0.15, 0.2) is 0 Å². The number of nitrogens with one attached hydrogen (secondary N) is 2. The van der Waals surface area contributed by atoms with Crippen LogP contribution in [0.25, 0.3) is 0 Å². The van der Waals surface area contributed by atoms with Gasteiger partial charge in [-0.3, -0.25) is 4.79 Å². The fraction of sp³-hybridized carbons (Fsp3) is 0.857. The SMILES string of the molecule is CC(C)C(CNCCC(=O)O)CNC(=O)OC(C)(C)C. The molecule has 0 aromatic rings. The van der Waals surface area contributed by atoms with E-state index in [-0.39, 0.29) is 12.3 Å². The molecule has 1 unspecified atom stereocenters. The molecule has 1 amide bonds. The van der Waals surface area contributed by atoms with Crippen molar-refractivity contribution in [3.8, 4) is 0 Å². The highest BCUT2D eigenvalue weighted by Gasteiger charge is 2.18. The van der Waals surface area contributed by atoms with Crippen LogP contribution in [-0.2, 0) is 9.53 Å². The summed E-state index contributed by atoms with van der Waals surface area (Å²) in [6.07, 6.45) is -0.321. The van der Waals surface area contributed by atoms with Gasteiger partial charge in [0.2, 0.25) is 0 Å². The number of rotatable bonds is 8. The summed E-state index contributed by atoms with van der Waals surface area (Å²) in [4.78, 5) is 22.0. The van der Waals surface area contributed by atoms with Crippen molar-refractivity contribution >= 4 is 12.1 Å². The molecule has 0 spiro atoms. The molecule has 0 fully saturated rings. The molecule has 0 aromatic heterocycles. The van der Waals surface area contributed by atoms with Crippen LogP contribution in [0.4, 0.5) is 4.79 Å². The maximum Gasteiger partial charge on any atom is 0.407 e. The lowest BCUT2D eigenvalue weighted by molar-refractivity contribution is -0.136. The van der Waals surface area contributed by atoms with Crippen molar-refractivity contribution in [1.82, 2.24) is 10.6 Å². The molecule has 0 rings (SSSR count). The quantitative estimate of drug-likeness (QED) is 0.593. The first-order valence-corrected chi connectivity index (χ1v) is 7.01. The Morgan fingerprint density at radius 2 is 1.80 bits per heavy atom. The topological polar surface area (TPSA) is 87.7 Å². The van der Waals surface area contributed by atoms with E-state index in [1.807, 2.05) is 20.8 Å². The Labute approximate surface area is 121 Å². The van der Waals surface area contributed by atoms with Crippen LogP contribution in [0.3, 0.4) is 0 Å². The Hall–Kier alpha value is -1.30. The molecule has 118 valence electrons. The van der Waals surface area contributed by atoms with Crippen LogP contribution in [0.2, 0.25) is 0 Å². The van der Waals surface area contributed by atoms with Crippen LogP contribution in [0, 0.1) is 11.8 Å². The minimum Gasteiger partial charge on any atom is -0.481 e. The fourth-order valence-corrected chi connectivity index (χ4v) is 1.55. The molecule has 0 saturated carbocycles. The molecule has 0 aliphatic rings. The number of amides is 1. The highest BCUT2D eigenvalue weighted by atomic mass is 16.6. The normalized spacial score (nSPS) is 13.1. The average molecular weight is 288 g/mol. The van der Waals surface area contributed by atoms with Crippen LogP contribution in [0.1, 0.15) is 41.0 Å². The largest absolute Gasteiger partial charge is 0.481 e. The number of hydrogen-bond acceptors (Lipinski definition) is 4. The summed E-state index contributed by atoms with van der Waals surface area (Å²) in [7, 11) is 0. The van der Waals surface area contributed by atoms with Crippen LogP contribution in [0.5, 0.6) is 0 Å². The minimum absolute atomic E-state index is 0.101. The van der Waals surface area contributed by atoms with Crippen molar-refractivity contribution in [1.29, 1.82) is 0 Å². The van der Waals surface area contributed by atoms with Crippen LogP contribution >= 0.6 is 0 Å². The number of aliphatic carboxylic acids is 1. The van der Waals surface area contributed by atoms with Crippen LogP contribution in [-0.4, -0.2) is 42.4 Å². The van der Waals surface area contributed by atoms with E-state index in [0.29, 0.717) is 25.6 Å². The van der Waals surface area contributed by atoms with Gasteiger partial charge >= 0.3 is 12.1 Å². The summed E-state index contributed by atoms with van der Waals surface area (Å²) in [6.45, 7) is 11.2. The van der Waals surface area contributed by atoms with Gasteiger partial charge < -0.3 is 20.5 Å². The molecule has 0 aliphatic carbocycles. The number of carbonyl (C=O) groups is 2. The lowest BCUT2D eigenvalue weighted by Gasteiger charge is -2.24. The van der Waals surface area contributed by atoms with E-state index in [0.717, 1.165) is 0 Å². The lowest BCUT2D eigenvalue weighted by Crippen LogP contribution is -2.39. The second-order valence-corrected chi connectivity index (χ2v) is 6.23. The van der Waals surface area contributed by atoms with E-state index in [4.69, 9.17) is 9.84 Å². The summed E-state index contributed by atoms with van der Waals surface area (Å²) in [6, 6.07) is 0. The third-order valence-electron chi connectivity index (χ3n) is 2.77. The first kappa shape index (κ1) is 18.7. The molecule has 0 radical (unpaired) electrons. The van der Waals surface area contributed by atoms with Gasteiger partial charge in [-0.2, -0.15) is 0 Å². The molecule has 0 bridgehead atoms. The van der Waals surface area contributed by atoms with Gasteiger partial charge in [0.25, 0.3) is 0 Å². The lowest BCUT2D eigenvalue weighted by atomic mass is 9.96. The van der Waals surface area contributed by atoms with Gasteiger partial charge in [-0.25, -0.2) is 4.79 Å². The average Bonchev–Trinajstić information content (AvgIpc) is 2.24. The zero-order valence-corrected chi connectivity index (χ0v) is 13.2. The van der Waals surface area contributed by atoms with E-state index in [1.54, 1.807) is 0 Å². The zero-order chi connectivity index (χ0) is 15.8. The maximum absolute atomic E-state index is 11.6. The third kappa shape index (κ3) is 10.6. The molecule has 0 aliphatic heterocycles. The summed E-state index contributed by atoms with van der Waals surface area (Å²) in [5, 5.41) is 14.4. The highest BCUT2D eigenvalue weighted by molar-refractivity contribution is 5.67. The number of ether oxygens (including phenoxy) is 1. The highest BCUT2D eigenvalue weighted by Crippen LogP contribution is 2.10. The summed E-state index contributed by atoms with van der Waals surface area (Å²) < 4.78 is 5.18. The zero-order valence-electron chi connectivity index (χ0n) is 13.2. The van der Waals surface area contributed by atoms with Gasteiger partial charge in [-0.15, -0.1) is 0 Å². The van der Waals surface area contributed by atoms with Gasteiger partial charge in [-0.1, -0.05) is 13.8 Å². The fourth-order valence-electron chi connectivity index (χ4n) is 1.55.